The first-order chi connectivity index (χ1) is 16.6. The molecule has 192 valence electrons. The molecule has 2 heterocycles. The van der Waals surface area contributed by atoms with Crippen molar-refractivity contribution in [1.82, 2.24) is 4.90 Å². The van der Waals surface area contributed by atoms with Gasteiger partial charge in [-0.1, -0.05) is 18.8 Å². The van der Waals surface area contributed by atoms with Crippen LogP contribution in [-0.4, -0.2) is 75.4 Å². The number of thiophene rings is 1. The lowest BCUT2D eigenvalue weighted by Crippen LogP contribution is -2.49. The van der Waals surface area contributed by atoms with E-state index in [4.69, 9.17) is 14.2 Å². The van der Waals surface area contributed by atoms with Gasteiger partial charge in [-0.15, -0.1) is 11.3 Å². The smallest absolute Gasteiger partial charge is 0.350 e. The van der Waals surface area contributed by atoms with Crippen LogP contribution >= 0.6 is 11.3 Å². The lowest BCUT2D eigenvalue weighted by Gasteiger charge is -2.33. The molecule has 1 aliphatic carbocycles. The summed E-state index contributed by atoms with van der Waals surface area (Å²) in [6, 6.07) is 1.71. The molecule has 9 heteroatoms. The molecule has 1 aromatic rings. The highest BCUT2D eigenvalue weighted by Crippen LogP contribution is 2.35. The first-order valence-electron chi connectivity index (χ1n) is 12.1. The molecule has 2 aliphatic rings. The average molecular weight is 505 g/mol. The zero-order valence-electron chi connectivity index (χ0n) is 21.3. The minimum atomic E-state index is -0.670. The molecule has 0 N–H and O–H groups in total. The molecule has 0 spiro atoms. The highest BCUT2D eigenvalue weighted by atomic mass is 32.1. The molecule has 1 saturated carbocycles. The van der Waals surface area contributed by atoms with Crippen LogP contribution < -0.4 is 4.90 Å². The van der Waals surface area contributed by atoms with E-state index < -0.39 is 11.6 Å². The van der Waals surface area contributed by atoms with Crippen molar-refractivity contribution in [3.63, 3.8) is 0 Å². The summed E-state index contributed by atoms with van der Waals surface area (Å²) >= 11 is 1.16. The summed E-state index contributed by atoms with van der Waals surface area (Å²) in [4.78, 5) is 43.7. The second kappa shape index (κ2) is 12.0. The van der Waals surface area contributed by atoms with Crippen molar-refractivity contribution in [3.05, 3.63) is 15.8 Å². The Balaban J connectivity index is 1.99. The van der Waals surface area contributed by atoms with Gasteiger partial charge < -0.3 is 24.0 Å². The van der Waals surface area contributed by atoms with Gasteiger partial charge in [0.25, 0.3) is 0 Å². The van der Waals surface area contributed by atoms with Gasteiger partial charge >= 0.3 is 5.97 Å². The zero-order chi connectivity index (χ0) is 25.6. The van der Waals surface area contributed by atoms with E-state index in [1.165, 1.54) is 12.0 Å². The van der Waals surface area contributed by atoms with Gasteiger partial charge in [0.1, 0.15) is 17.0 Å². The summed E-state index contributed by atoms with van der Waals surface area (Å²) in [7, 11) is 2.88. The molecule has 1 saturated heterocycles. The Labute approximate surface area is 211 Å². The van der Waals surface area contributed by atoms with Crippen LogP contribution in [0.2, 0.25) is 0 Å². The minimum Gasteiger partial charge on any atom is -0.465 e. The first kappa shape index (κ1) is 27.2. The van der Waals surface area contributed by atoms with E-state index in [-0.39, 0.29) is 29.2 Å². The molecule has 0 atom stereocenters. The fraction of sp³-hybridized carbons (Fsp3) is 0.654. The minimum absolute atomic E-state index is 0.127. The number of hydrogen-bond acceptors (Lipinski definition) is 7. The lowest BCUT2D eigenvalue weighted by molar-refractivity contribution is -0.135. The number of esters is 1. The number of nitrogens with zero attached hydrogens (tertiary/aromatic N) is 2. The van der Waals surface area contributed by atoms with Gasteiger partial charge in [0.15, 0.2) is 0 Å². The summed E-state index contributed by atoms with van der Waals surface area (Å²) in [5.74, 6) is 5.65. The maximum atomic E-state index is 13.8. The van der Waals surface area contributed by atoms with Crippen LogP contribution in [0.1, 0.15) is 61.0 Å². The van der Waals surface area contributed by atoms with E-state index in [1.807, 2.05) is 13.8 Å². The number of carbonyl (C=O) groups excluding carboxylic acids is 3. The van der Waals surface area contributed by atoms with Gasteiger partial charge in [-0.2, -0.15) is 0 Å². The quantitative estimate of drug-likeness (QED) is 0.436. The lowest BCUT2D eigenvalue weighted by atomic mass is 9.82. The Hall–Kier alpha value is -2.41. The highest BCUT2D eigenvalue weighted by molar-refractivity contribution is 7.15. The number of amides is 2. The monoisotopic (exact) mass is 504 g/mol. The Bertz CT molecular complexity index is 978. The van der Waals surface area contributed by atoms with Crippen molar-refractivity contribution < 1.29 is 28.6 Å². The Morgan fingerprint density at radius 3 is 2.43 bits per heavy atom. The number of carbonyl (C=O) groups is 3. The summed E-state index contributed by atoms with van der Waals surface area (Å²) in [5, 5.41) is 0. The standard InChI is InChI=1S/C26H36N2O6S/c1-18-6-8-19(9-7-18)24(30)28(17-22(29)27-12-14-34-15-13-27)21-16-20(10-11-26(2,3)33-5)35-23(21)25(31)32-4/h16,18-19H,6-9,12-15,17H2,1-5H3/t18-,19-. The predicted molar refractivity (Wildman–Crippen MR) is 134 cm³/mol. The van der Waals surface area contributed by atoms with Gasteiger partial charge in [-0.3, -0.25) is 9.59 Å². The number of morpholine rings is 1. The molecule has 0 aromatic carbocycles. The molecule has 3 rings (SSSR count). The van der Waals surface area contributed by atoms with E-state index in [9.17, 15) is 14.4 Å². The normalized spacial score (nSPS) is 20.5. The topological polar surface area (TPSA) is 85.4 Å². The summed E-state index contributed by atoms with van der Waals surface area (Å²) < 4.78 is 15.8. The molecular formula is C26H36N2O6S. The highest BCUT2D eigenvalue weighted by Gasteiger charge is 2.34. The number of rotatable bonds is 6. The number of hydrogen-bond donors (Lipinski definition) is 0. The Kier molecular flexibility index (Phi) is 9.34. The molecule has 1 aromatic heterocycles. The third-order valence-electron chi connectivity index (χ3n) is 6.66. The summed E-state index contributed by atoms with van der Waals surface area (Å²) in [6.45, 7) is 7.66. The van der Waals surface area contributed by atoms with Gasteiger partial charge in [-0.05, 0) is 51.5 Å². The Morgan fingerprint density at radius 2 is 1.83 bits per heavy atom. The van der Waals surface area contributed by atoms with Gasteiger partial charge in [-0.25, -0.2) is 4.79 Å². The van der Waals surface area contributed by atoms with Gasteiger partial charge in [0.05, 0.1) is 30.9 Å². The Morgan fingerprint density at radius 1 is 1.17 bits per heavy atom. The average Bonchev–Trinajstić information content (AvgIpc) is 3.30. The van der Waals surface area contributed by atoms with E-state index in [0.717, 1.165) is 37.0 Å². The van der Waals surface area contributed by atoms with Crippen molar-refractivity contribution >= 4 is 34.8 Å². The van der Waals surface area contributed by atoms with Gasteiger partial charge in [0.2, 0.25) is 11.8 Å². The number of methoxy groups -OCH3 is 2. The van der Waals surface area contributed by atoms with Crippen LogP contribution in [0.3, 0.4) is 0 Å². The summed E-state index contributed by atoms with van der Waals surface area (Å²) in [5.41, 5.74) is -0.289. The fourth-order valence-corrected chi connectivity index (χ4v) is 5.14. The summed E-state index contributed by atoms with van der Waals surface area (Å²) in [6.07, 6.45) is 3.49. The van der Waals surface area contributed by atoms with Crippen molar-refractivity contribution in [2.45, 2.75) is 52.1 Å². The van der Waals surface area contributed by atoms with Crippen LogP contribution in [0.15, 0.2) is 6.07 Å². The van der Waals surface area contributed by atoms with Crippen LogP contribution in [0.25, 0.3) is 0 Å². The van der Waals surface area contributed by atoms with Gasteiger partial charge in [0, 0.05) is 26.1 Å². The molecule has 0 unspecified atom stereocenters. The molecule has 1 aliphatic heterocycles. The van der Waals surface area contributed by atoms with E-state index in [0.29, 0.717) is 42.8 Å². The molecular weight excluding hydrogens is 468 g/mol. The third-order valence-corrected chi connectivity index (χ3v) is 7.68. The van der Waals surface area contributed by atoms with Crippen molar-refractivity contribution in [1.29, 1.82) is 0 Å². The first-order valence-corrected chi connectivity index (χ1v) is 12.9. The maximum absolute atomic E-state index is 13.8. The predicted octanol–water partition coefficient (Wildman–Crippen LogP) is 3.33. The second-order valence-corrected chi connectivity index (χ2v) is 10.7. The molecule has 2 fully saturated rings. The molecule has 0 bridgehead atoms. The molecule has 8 nitrogen and oxygen atoms in total. The van der Waals surface area contributed by atoms with Crippen molar-refractivity contribution in [3.8, 4) is 11.8 Å². The van der Waals surface area contributed by atoms with E-state index in [1.54, 1.807) is 18.1 Å². The van der Waals surface area contributed by atoms with E-state index >= 15 is 0 Å². The van der Waals surface area contributed by atoms with Crippen LogP contribution in [-0.2, 0) is 23.8 Å². The van der Waals surface area contributed by atoms with E-state index in [2.05, 4.69) is 18.8 Å². The van der Waals surface area contributed by atoms with Crippen LogP contribution in [0.4, 0.5) is 5.69 Å². The molecule has 2 amide bonds. The molecule has 0 radical (unpaired) electrons. The zero-order valence-corrected chi connectivity index (χ0v) is 22.2. The number of ether oxygens (including phenoxy) is 3. The van der Waals surface area contributed by atoms with Crippen molar-refractivity contribution in [2.24, 2.45) is 11.8 Å². The second-order valence-electron chi connectivity index (χ2n) is 9.66. The van der Waals surface area contributed by atoms with Crippen LogP contribution in [0.5, 0.6) is 0 Å². The molecule has 35 heavy (non-hydrogen) atoms. The third kappa shape index (κ3) is 7.06. The largest absolute Gasteiger partial charge is 0.465 e. The maximum Gasteiger partial charge on any atom is 0.350 e. The van der Waals surface area contributed by atoms with Crippen LogP contribution in [0, 0.1) is 23.7 Å². The number of anilines is 1. The van der Waals surface area contributed by atoms with Crippen molar-refractivity contribution in [2.75, 3.05) is 52.0 Å². The SMILES string of the molecule is COC(=O)c1sc(C#CC(C)(C)OC)cc1N(CC(=O)N1CCOCC1)C(=O)[C@H]1CC[C@H](C)CC1. The fourth-order valence-electron chi connectivity index (χ4n) is 4.20.